The lowest BCUT2D eigenvalue weighted by Gasteiger charge is -2.18. The number of fused-ring (bicyclic) bond motifs is 8. The van der Waals surface area contributed by atoms with Gasteiger partial charge in [0.15, 0.2) is 0 Å². The van der Waals surface area contributed by atoms with Gasteiger partial charge in [0.2, 0.25) is 0 Å². The molecule has 10 rings (SSSR count). The minimum absolute atomic E-state index is 1.26. The molecule has 2 aromatic heterocycles. The van der Waals surface area contributed by atoms with Gasteiger partial charge in [-0.05, 0) is 83.7 Å². The molecule has 0 amide bonds. The zero-order valence-electron chi connectivity index (χ0n) is 24.8. The number of hydrogen-bond acceptors (Lipinski definition) is 2. The monoisotopic (exact) mass is 618 g/mol. The fourth-order valence-electron chi connectivity index (χ4n) is 7.44. The Morgan fingerprint density at radius 2 is 0.957 bits per heavy atom. The Morgan fingerprint density at radius 3 is 1.67 bits per heavy atom. The van der Waals surface area contributed by atoms with E-state index >= 15 is 0 Å². The number of hydrogen-bond donors (Lipinski definition) is 0. The highest BCUT2D eigenvalue weighted by Gasteiger charge is 2.19. The summed E-state index contributed by atoms with van der Waals surface area (Å²) in [5.74, 6) is 0. The van der Waals surface area contributed by atoms with E-state index < -0.39 is 0 Å². The Hall–Kier alpha value is -5.28. The van der Waals surface area contributed by atoms with Gasteiger partial charge in [-0.15, -0.1) is 22.7 Å². The molecule has 0 bridgehead atoms. The fraction of sp³-hybridized carbons (Fsp3) is 0. The quantitative estimate of drug-likeness (QED) is 0.173. The summed E-state index contributed by atoms with van der Waals surface area (Å²) < 4.78 is 4.06. The van der Waals surface area contributed by atoms with E-state index in [0.29, 0.717) is 0 Å². The molecule has 214 valence electrons. The van der Waals surface area contributed by atoms with E-state index in [-0.39, 0.29) is 0 Å². The molecule has 8 aromatic carbocycles. The molecule has 0 N–H and O–H groups in total. The van der Waals surface area contributed by atoms with Crippen molar-refractivity contribution < 1.29 is 0 Å². The molecule has 0 spiro atoms. The van der Waals surface area contributed by atoms with Crippen LogP contribution >= 0.6 is 22.7 Å². The molecule has 0 aliphatic heterocycles. The summed E-state index contributed by atoms with van der Waals surface area (Å²) in [4.78, 5) is 0. The van der Waals surface area contributed by atoms with Crippen LogP contribution in [0, 0.1) is 0 Å². The van der Waals surface area contributed by atoms with E-state index in [2.05, 4.69) is 157 Å². The zero-order chi connectivity index (χ0) is 30.2. The summed E-state index contributed by atoms with van der Waals surface area (Å²) >= 11 is 3.78. The molecule has 0 fully saturated rings. The van der Waals surface area contributed by atoms with Crippen LogP contribution in [-0.4, -0.2) is 0 Å². The first-order chi connectivity index (χ1) is 22.8. The van der Waals surface area contributed by atoms with Crippen LogP contribution in [-0.2, 0) is 0 Å². The average Bonchev–Trinajstić information content (AvgIpc) is 3.72. The molecule has 0 aliphatic carbocycles. The third kappa shape index (κ3) is 3.84. The molecule has 0 aliphatic rings. The summed E-state index contributed by atoms with van der Waals surface area (Å²) in [6.45, 7) is 0. The van der Waals surface area contributed by atoms with Crippen molar-refractivity contribution in [3.63, 3.8) is 0 Å². The van der Waals surface area contributed by atoms with Gasteiger partial charge in [0.1, 0.15) is 0 Å². The van der Waals surface area contributed by atoms with E-state index in [1.807, 2.05) is 22.7 Å². The highest BCUT2D eigenvalue weighted by molar-refractivity contribution is 7.27. The van der Waals surface area contributed by atoms with Crippen LogP contribution in [0.15, 0.2) is 157 Å². The molecule has 10 aromatic rings. The lowest BCUT2D eigenvalue weighted by atomic mass is 9.85. The summed E-state index contributed by atoms with van der Waals surface area (Å²) in [7, 11) is 0. The van der Waals surface area contributed by atoms with Gasteiger partial charge in [-0.2, -0.15) is 0 Å². The number of benzene rings is 8. The van der Waals surface area contributed by atoms with Gasteiger partial charge in [0, 0.05) is 35.8 Å². The average molecular weight is 619 g/mol. The third-order valence-corrected chi connectivity index (χ3v) is 11.6. The van der Waals surface area contributed by atoms with Crippen LogP contribution in [0.3, 0.4) is 0 Å². The first-order valence-electron chi connectivity index (χ1n) is 15.7. The molecular weight excluding hydrogens is 593 g/mol. The topological polar surface area (TPSA) is 0 Å². The SMILES string of the molecule is c1ccc(-c2csc3c2ccc2sc4cc(-c5c6ccccc6c(-c6ccc7ccccc7c6)c6ccccc56)ccc4c23)cc1. The van der Waals surface area contributed by atoms with Crippen LogP contribution in [0.2, 0.25) is 0 Å². The maximum absolute atomic E-state index is 2.43. The van der Waals surface area contributed by atoms with Crippen molar-refractivity contribution in [2.24, 2.45) is 0 Å². The van der Waals surface area contributed by atoms with E-state index in [1.54, 1.807) is 0 Å². The van der Waals surface area contributed by atoms with Crippen molar-refractivity contribution in [3.8, 4) is 33.4 Å². The second-order valence-corrected chi connectivity index (χ2v) is 14.0. The van der Waals surface area contributed by atoms with Crippen molar-refractivity contribution in [2.45, 2.75) is 0 Å². The normalized spacial score (nSPS) is 11.9. The molecule has 0 saturated carbocycles. The maximum atomic E-state index is 2.43. The Balaban J connectivity index is 1.22. The van der Waals surface area contributed by atoms with Crippen molar-refractivity contribution in [3.05, 3.63) is 157 Å². The standard InChI is InChI=1S/C44H26S2/c1-2-11-28(12-3-1)38-26-45-44-36(38)22-23-39-43(44)37-21-20-31(25-40(37)46-39)42-34-16-8-6-14-32(34)41(33-15-7-9-17-35(33)42)30-19-18-27-10-4-5-13-29(27)24-30/h1-26H. The molecule has 2 heteroatoms. The molecule has 0 saturated heterocycles. The molecule has 0 nitrogen and oxygen atoms in total. The molecule has 46 heavy (non-hydrogen) atoms. The first kappa shape index (κ1) is 26.0. The third-order valence-electron chi connectivity index (χ3n) is 9.52. The van der Waals surface area contributed by atoms with Gasteiger partial charge in [0.05, 0.1) is 0 Å². The van der Waals surface area contributed by atoms with Gasteiger partial charge < -0.3 is 0 Å². The fourth-order valence-corrected chi connectivity index (χ4v) is 9.80. The second-order valence-electron chi connectivity index (χ2n) is 12.0. The molecular formula is C44H26S2. The van der Waals surface area contributed by atoms with Crippen LogP contribution in [0.25, 0.3) is 96.0 Å². The van der Waals surface area contributed by atoms with Crippen molar-refractivity contribution in [1.82, 2.24) is 0 Å². The van der Waals surface area contributed by atoms with E-state index in [0.717, 1.165) is 0 Å². The summed E-state index contributed by atoms with van der Waals surface area (Å²) in [6.07, 6.45) is 0. The zero-order valence-corrected chi connectivity index (χ0v) is 26.5. The molecule has 0 atom stereocenters. The highest BCUT2D eigenvalue weighted by atomic mass is 32.1. The number of rotatable bonds is 3. The Labute approximate surface area is 274 Å². The summed E-state index contributed by atoms with van der Waals surface area (Å²) in [5, 5.41) is 14.1. The Kier molecular flexibility index (Phi) is 5.72. The lowest BCUT2D eigenvalue weighted by molar-refractivity contribution is 1.69. The predicted molar refractivity (Wildman–Crippen MR) is 204 cm³/mol. The summed E-state index contributed by atoms with van der Waals surface area (Å²) in [6, 6.07) is 56.0. The minimum Gasteiger partial charge on any atom is -0.142 e. The van der Waals surface area contributed by atoms with Gasteiger partial charge in [-0.25, -0.2) is 0 Å². The van der Waals surface area contributed by atoms with Crippen LogP contribution in [0.1, 0.15) is 0 Å². The van der Waals surface area contributed by atoms with Gasteiger partial charge in [0.25, 0.3) is 0 Å². The molecule has 2 heterocycles. The van der Waals surface area contributed by atoms with Crippen LogP contribution in [0.5, 0.6) is 0 Å². The minimum atomic E-state index is 1.26. The summed E-state index contributed by atoms with van der Waals surface area (Å²) in [5.41, 5.74) is 7.74. The molecule has 0 radical (unpaired) electrons. The van der Waals surface area contributed by atoms with Gasteiger partial charge in [-0.1, -0.05) is 133 Å². The van der Waals surface area contributed by atoms with Crippen molar-refractivity contribution >= 4 is 85.2 Å². The van der Waals surface area contributed by atoms with Gasteiger partial charge >= 0.3 is 0 Å². The van der Waals surface area contributed by atoms with E-state index in [1.165, 1.54) is 96.0 Å². The van der Waals surface area contributed by atoms with Crippen LogP contribution < -0.4 is 0 Å². The largest absolute Gasteiger partial charge is 0.142 e. The Bertz CT molecular complexity index is 2740. The van der Waals surface area contributed by atoms with Crippen LogP contribution in [0.4, 0.5) is 0 Å². The maximum Gasteiger partial charge on any atom is 0.0442 e. The van der Waals surface area contributed by atoms with E-state index in [4.69, 9.17) is 0 Å². The van der Waals surface area contributed by atoms with Crippen molar-refractivity contribution in [1.29, 1.82) is 0 Å². The smallest absolute Gasteiger partial charge is 0.0442 e. The first-order valence-corrected chi connectivity index (χ1v) is 17.4. The van der Waals surface area contributed by atoms with Gasteiger partial charge in [-0.3, -0.25) is 0 Å². The second kappa shape index (κ2) is 10.1. The molecule has 0 unspecified atom stereocenters. The Morgan fingerprint density at radius 1 is 0.370 bits per heavy atom. The predicted octanol–water partition coefficient (Wildman–Crippen LogP) is 13.7. The lowest BCUT2D eigenvalue weighted by Crippen LogP contribution is -1.90. The van der Waals surface area contributed by atoms with Crippen molar-refractivity contribution in [2.75, 3.05) is 0 Å². The number of thiophene rings is 2. The van der Waals surface area contributed by atoms with E-state index in [9.17, 15) is 0 Å². The highest BCUT2D eigenvalue weighted by Crippen LogP contribution is 2.48.